The molecule has 2 rings (SSSR count). The molecule has 1 aromatic heterocycles. The predicted octanol–water partition coefficient (Wildman–Crippen LogP) is 1.56. The van der Waals surface area contributed by atoms with Crippen LogP contribution in [0.3, 0.4) is 0 Å². The lowest BCUT2D eigenvalue weighted by Crippen LogP contribution is -2.32. The summed E-state index contributed by atoms with van der Waals surface area (Å²) >= 11 is 0. The van der Waals surface area contributed by atoms with Crippen molar-refractivity contribution >= 4 is 5.91 Å². The topological polar surface area (TPSA) is 77.1 Å². The van der Waals surface area contributed by atoms with E-state index < -0.39 is 11.6 Å². The lowest BCUT2D eigenvalue weighted by atomic mass is 10.2. The number of unbranched alkanes of at least 4 members (excludes halogenated alkanes) is 1. The maximum atomic E-state index is 12.8. The zero-order chi connectivity index (χ0) is 15.2. The van der Waals surface area contributed by atoms with Gasteiger partial charge in [0, 0.05) is 12.1 Å². The maximum absolute atomic E-state index is 12.8. The third-order valence-electron chi connectivity index (χ3n) is 2.84. The van der Waals surface area contributed by atoms with Crippen LogP contribution >= 0.6 is 0 Å². The van der Waals surface area contributed by atoms with Gasteiger partial charge in [-0.25, -0.2) is 9.18 Å². The van der Waals surface area contributed by atoms with Crippen LogP contribution in [0.15, 0.2) is 33.5 Å². The van der Waals surface area contributed by atoms with E-state index in [0.29, 0.717) is 12.1 Å². The molecule has 6 nitrogen and oxygen atoms in total. The third kappa shape index (κ3) is 4.01. The van der Waals surface area contributed by atoms with Crippen molar-refractivity contribution in [1.29, 1.82) is 0 Å². The summed E-state index contributed by atoms with van der Waals surface area (Å²) in [7, 11) is 0. The summed E-state index contributed by atoms with van der Waals surface area (Å²) in [5.41, 5.74) is 0.471. The summed E-state index contributed by atoms with van der Waals surface area (Å²) in [4.78, 5) is 23.3. The van der Waals surface area contributed by atoms with Gasteiger partial charge in [-0.05, 0) is 30.7 Å². The van der Waals surface area contributed by atoms with Crippen molar-refractivity contribution in [3.63, 3.8) is 0 Å². The van der Waals surface area contributed by atoms with E-state index in [1.54, 1.807) is 0 Å². The zero-order valence-electron chi connectivity index (χ0n) is 11.6. The fourth-order valence-electron chi connectivity index (χ4n) is 1.71. The molecule has 0 radical (unpaired) electrons. The summed E-state index contributed by atoms with van der Waals surface area (Å²) in [6.45, 7) is 2.38. The van der Waals surface area contributed by atoms with Crippen molar-refractivity contribution in [2.75, 3.05) is 6.54 Å². The minimum absolute atomic E-state index is 0.0568. The number of amides is 1. The summed E-state index contributed by atoms with van der Waals surface area (Å²) in [6.07, 6.45) is 1.85. The largest absolute Gasteiger partial charge is 0.437 e. The van der Waals surface area contributed by atoms with E-state index in [0.717, 1.165) is 17.5 Å². The van der Waals surface area contributed by atoms with Gasteiger partial charge < -0.3 is 9.73 Å². The summed E-state index contributed by atoms with van der Waals surface area (Å²) in [5.74, 6) is -1.36. The van der Waals surface area contributed by atoms with Crippen LogP contribution in [0.25, 0.3) is 11.5 Å². The first-order chi connectivity index (χ1) is 10.1. The van der Waals surface area contributed by atoms with Crippen molar-refractivity contribution in [3.8, 4) is 11.5 Å². The van der Waals surface area contributed by atoms with Crippen molar-refractivity contribution in [1.82, 2.24) is 15.1 Å². The molecule has 0 saturated heterocycles. The molecule has 0 aliphatic heterocycles. The molecule has 0 unspecified atom stereocenters. The number of nitrogens with zero attached hydrogens (tertiary/aromatic N) is 2. The molecule has 0 bridgehead atoms. The quantitative estimate of drug-likeness (QED) is 0.820. The van der Waals surface area contributed by atoms with Crippen LogP contribution in [0.1, 0.15) is 19.8 Å². The highest BCUT2D eigenvalue weighted by Crippen LogP contribution is 2.15. The van der Waals surface area contributed by atoms with Crippen molar-refractivity contribution < 1.29 is 13.6 Å². The highest BCUT2D eigenvalue weighted by Gasteiger charge is 2.12. The zero-order valence-corrected chi connectivity index (χ0v) is 11.6. The minimum Gasteiger partial charge on any atom is -0.388 e. The van der Waals surface area contributed by atoms with Crippen molar-refractivity contribution in [3.05, 3.63) is 40.6 Å². The Hall–Kier alpha value is -2.44. The van der Waals surface area contributed by atoms with E-state index in [1.807, 2.05) is 6.92 Å². The fourth-order valence-corrected chi connectivity index (χ4v) is 1.71. The van der Waals surface area contributed by atoms with E-state index in [9.17, 15) is 14.0 Å². The predicted molar refractivity (Wildman–Crippen MR) is 74.1 cm³/mol. The minimum atomic E-state index is -0.722. The molecule has 0 spiro atoms. The van der Waals surface area contributed by atoms with Gasteiger partial charge in [0.15, 0.2) is 0 Å². The van der Waals surface area contributed by atoms with Crippen LogP contribution in [0, 0.1) is 5.82 Å². The van der Waals surface area contributed by atoms with Crippen LogP contribution in [-0.2, 0) is 11.3 Å². The van der Waals surface area contributed by atoms with Gasteiger partial charge in [-0.2, -0.15) is 4.68 Å². The fraction of sp³-hybridized carbons (Fsp3) is 0.357. The standard InChI is InChI=1S/C14H16FN3O3/c1-2-3-8-16-12(19)9-18-14(20)21-13(17-18)10-4-6-11(15)7-5-10/h4-7H,2-3,8-9H2,1H3,(H,16,19). The summed E-state index contributed by atoms with van der Waals surface area (Å²) in [6, 6.07) is 5.39. The van der Waals surface area contributed by atoms with Gasteiger partial charge >= 0.3 is 5.76 Å². The van der Waals surface area contributed by atoms with Crippen LogP contribution < -0.4 is 11.1 Å². The second-order valence-electron chi connectivity index (χ2n) is 4.54. The number of nitrogens with one attached hydrogen (secondary N) is 1. The van der Waals surface area contributed by atoms with Crippen LogP contribution in [-0.4, -0.2) is 22.2 Å². The number of rotatable bonds is 6. The molecule has 1 heterocycles. The van der Waals surface area contributed by atoms with Crippen LogP contribution in [0.2, 0.25) is 0 Å². The molecule has 1 N–H and O–H groups in total. The monoisotopic (exact) mass is 293 g/mol. The van der Waals surface area contributed by atoms with Crippen LogP contribution in [0.5, 0.6) is 0 Å². The SMILES string of the molecule is CCCCNC(=O)Cn1nc(-c2ccc(F)cc2)oc1=O. The Kier molecular flexibility index (Phi) is 4.86. The van der Waals surface area contributed by atoms with Gasteiger partial charge in [-0.1, -0.05) is 13.3 Å². The Morgan fingerprint density at radius 2 is 2.10 bits per heavy atom. The molecule has 7 heteroatoms. The molecule has 0 aliphatic rings. The molecule has 2 aromatic rings. The van der Waals surface area contributed by atoms with Crippen molar-refractivity contribution in [2.45, 2.75) is 26.3 Å². The molecule has 112 valence electrons. The van der Waals surface area contributed by atoms with Gasteiger partial charge in [-0.15, -0.1) is 5.10 Å². The number of hydrogen-bond donors (Lipinski definition) is 1. The molecule has 1 aromatic carbocycles. The van der Waals surface area contributed by atoms with Crippen LogP contribution in [0.4, 0.5) is 4.39 Å². The molecule has 21 heavy (non-hydrogen) atoms. The van der Waals surface area contributed by atoms with Gasteiger partial charge in [-0.3, -0.25) is 4.79 Å². The molecule has 0 aliphatic carbocycles. The normalized spacial score (nSPS) is 10.6. The van der Waals surface area contributed by atoms with Crippen molar-refractivity contribution in [2.24, 2.45) is 0 Å². The Balaban J connectivity index is 2.07. The Bertz CT molecular complexity index is 661. The molecular formula is C14H16FN3O3. The number of carbonyl (C=O) groups is 1. The Morgan fingerprint density at radius 3 is 2.76 bits per heavy atom. The molecule has 1 amide bonds. The highest BCUT2D eigenvalue weighted by atomic mass is 19.1. The molecule has 0 atom stereocenters. The Labute approximate surface area is 120 Å². The smallest absolute Gasteiger partial charge is 0.388 e. The second-order valence-corrected chi connectivity index (χ2v) is 4.54. The number of hydrogen-bond acceptors (Lipinski definition) is 4. The lowest BCUT2D eigenvalue weighted by Gasteiger charge is -2.02. The average molecular weight is 293 g/mol. The molecular weight excluding hydrogens is 277 g/mol. The first-order valence-electron chi connectivity index (χ1n) is 6.70. The number of aromatic nitrogens is 2. The van der Waals surface area contributed by atoms with Gasteiger partial charge in [0.1, 0.15) is 12.4 Å². The van der Waals surface area contributed by atoms with E-state index in [2.05, 4.69) is 10.4 Å². The molecule has 0 saturated carbocycles. The third-order valence-corrected chi connectivity index (χ3v) is 2.84. The Morgan fingerprint density at radius 1 is 1.38 bits per heavy atom. The number of carbonyl (C=O) groups excluding carboxylic acids is 1. The number of benzene rings is 1. The van der Waals surface area contributed by atoms with E-state index >= 15 is 0 Å². The van der Waals surface area contributed by atoms with E-state index in [4.69, 9.17) is 4.42 Å². The average Bonchev–Trinajstić information content (AvgIpc) is 2.81. The first kappa shape index (κ1) is 15.0. The first-order valence-corrected chi connectivity index (χ1v) is 6.70. The molecule has 0 fully saturated rings. The summed E-state index contributed by atoms with van der Waals surface area (Å²) in [5, 5.41) is 6.62. The van der Waals surface area contributed by atoms with Gasteiger partial charge in [0.25, 0.3) is 0 Å². The number of halogens is 1. The van der Waals surface area contributed by atoms with Gasteiger partial charge in [0.05, 0.1) is 0 Å². The van der Waals surface area contributed by atoms with E-state index in [1.165, 1.54) is 24.3 Å². The lowest BCUT2D eigenvalue weighted by molar-refractivity contribution is -0.121. The summed E-state index contributed by atoms with van der Waals surface area (Å²) < 4.78 is 18.7. The maximum Gasteiger partial charge on any atom is 0.437 e. The van der Waals surface area contributed by atoms with E-state index in [-0.39, 0.29) is 18.3 Å². The van der Waals surface area contributed by atoms with Gasteiger partial charge in [0.2, 0.25) is 11.8 Å². The highest BCUT2D eigenvalue weighted by molar-refractivity contribution is 5.75. The second kappa shape index (κ2) is 6.83.